The van der Waals surface area contributed by atoms with Crippen molar-refractivity contribution in [2.45, 2.75) is 6.92 Å². The van der Waals surface area contributed by atoms with Gasteiger partial charge in [-0.2, -0.15) is 0 Å². The van der Waals surface area contributed by atoms with Crippen molar-refractivity contribution < 1.29 is 9.53 Å². The number of carbonyl (C=O) groups excluding carboxylic acids is 1. The summed E-state index contributed by atoms with van der Waals surface area (Å²) in [6.45, 7) is 2.80. The van der Waals surface area contributed by atoms with E-state index in [0.29, 0.717) is 24.6 Å². The molecule has 1 aromatic heterocycles. The van der Waals surface area contributed by atoms with Gasteiger partial charge in [0.15, 0.2) is 5.96 Å². The average molecular weight is 289 g/mol. The molecule has 112 valence electrons. The molecular weight excluding hydrogens is 270 g/mol. The number of nitrogens with one attached hydrogen (secondary N) is 2. The van der Waals surface area contributed by atoms with Gasteiger partial charge in [-0.1, -0.05) is 6.07 Å². The average Bonchev–Trinajstić information content (AvgIpc) is 2.92. The van der Waals surface area contributed by atoms with E-state index in [4.69, 9.17) is 16.2 Å². The molecule has 6 N–H and O–H groups in total. The molecule has 0 spiro atoms. The molecule has 0 atom stereocenters. The zero-order valence-corrected chi connectivity index (χ0v) is 12.1. The molecule has 0 bridgehead atoms. The molecule has 2 aromatic rings. The Balaban J connectivity index is 2.40. The molecule has 1 amide bonds. The van der Waals surface area contributed by atoms with Crippen LogP contribution in [-0.4, -0.2) is 37.1 Å². The second-order valence-corrected chi connectivity index (χ2v) is 4.55. The molecule has 0 saturated carbocycles. The first kappa shape index (κ1) is 14.9. The molecular formula is C14H19N5O2. The van der Waals surface area contributed by atoms with Crippen molar-refractivity contribution >= 4 is 22.8 Å². The van der Waals surface area contributed by atoms with Crippen LogP contribution in [0.5, 0.6) is 5.75 Å². The number of nitrogens with two attached hydrogens (primary N) is 2. The Hall–Kier alpha value is -2.54. The highest BCUT2D eigenvalue weighted by Gasteiger charge is 2.14. The van der Waals surface area contributed by atoms with Crippen molar-refractivity contribution in [2.75, 3.05) is 20.2 Å². The van der Waals surface area contributed by atoms with Gasteiger partial charge in [-0.05, 0) is 24.6 Å². The molecule has 1 heterocycles. The van der Waals surface area contributed by atoms with Gasteiger partial charge in [0.05, 0.1) is 5.52 Å². The summed E-state index contributed by atoms with van der Waals surface area (Å²) in [6, 6.07) is 5.55. The molecule has 0 radical (unpaired) electrons. The van der Waals surface area contributed by atoms with Crippen molar-refractivity contribution in [2.24, 2.45) is 16.5 Å². The third kappa shape index (κ3) is 3.14. The maximum atomic E-state index is 12.1. The molecule has 0 aliphatic heterocycles. The number of ether oxygens (including phenoxy) is 1. The number of H-pyrrole nitrogens is 1. The summed E-state index contributed by atoms with van der Waals surface area (Å²) in [7, 11) is 1.50. The predicted molar refractivity (Wildman–Crippen MR) is 82.6 cm³/mol. The molecule has 7 heteroatoms. The molecule has 0 unspecified atom stereocenters. The Kier molecular flexibility index (Phi) is 4.44. The van der Waals surface area contributed by atoms with Crippen molar-refractivity contribution in [1.29, 1.82) is 0 Å². The van der Waals surface area contributed by atoms with E-state index in [9.17, 15) is 4.79 Å². The molecule has 2 rings (SSSR count). The molecule has 0 aliphatic rings. The van der Waals surface area contributed by atoms with Crippen LogP contribution in [0.1, 0.15) is 16.1 Å². The Labute approximate surface area is 122 Å². The van der Waals surface area contributed by atoms with Crippen molar-refractivity contribution in [3.63, 3.8) is 0 Å². The van der Waals surface area contributed by atoms with Gasteiger partial charge in [0.1, 0.15) is 18.1 Å². The fourth-order valence-electron chi connectivity index (χ4n) is 1.98. The molecule has 0 fully saturated rings. The Morgan fingerprint density at radius 2 is 2.24 bits per heavy atom. The SMILES string of the molecule is CN=C(N)NC(=O)c1cc2c(C)ccc(OCCN)c2[nH]1. The number of rotatable bonds is 4. The van der Waals surface area contributed by atoms with Crippen LogP contribution in [0.2, 0.25) is 0 Å². The van der Waals surface area contributed by atoms with Gasteiger partial charge in [-0.15, -0.1) is 0 Å². The number of nitrogens with zero attached hydrogens (tertiary/aromatic N) is 1. The maximum Gasteiger partial charge on any atom is 0.274 e. The van der Waals surface area contributed by atoms with Crippen LogP contribution in [0.25, 0.3) is 10.9 Å². The van der Waals surface area contributed by atoms with Gasteiger partial charge in [0, 0.05) is 19.0 Å². The number of benzene rings is 1. The first-order valence-electron chi connectivity index (χ1n) is 6.55. The first-order chi connectivity index (χ1) is 10.1. The van der Waals surface area contributed by atoms with Gasteiger partial charge in [0.25, 0.3) is 5.91 Å². The Morgan fingerprint density at radius 1 is 1.48 bits per heavy atom. The van der Waals surface area contributed by atoms with E-state index in [0.717, 1.165) is 16.5 Å². The van der Waals surface area contributed by atoms with Crippen molar-refractivity contribution in [3.8, 4) is 5.75 Å². The quantitative estimate of drug-likeness (QED) is 0.483. The number of guanidine groups is 1. The standard InChI is InChI=1S/C14H19N5O2/c1-8-3-4-11(21-6-5-15)12-9(8)7-10(18-12)13(20)19-14(16)17-2/h3-4,7,18H,5-6,15H2,1-2H3,(H3,16,17,19,20). The zero-order chi connectivity index (χ0) is 15.4. The highest BCUT2D eigenvalue weighted by Crippen LogP contribution is 2.28. The number of fused-ring (bicyclic) bond motifs is 1. The number of hydrogen-bond donors (Lipinski definition) is 4. The summed E-state index contributed by atoms with van der Waals surface area (Å²) in [6.07, 6.45) is 0. The minimum absolute atomic E-state index is 0.0648. The summed E-state index contributed by atoms with van der Waals surface area (Å²) < 4.78 is 5.58. The summed E-state index contributed by atoms with van der Waals surface area (Å²) in [5.41, 5.74) is 13.1. The molecule has 0 saturated heterocycles. The number of aryl methyl sites for hydroxylation is 1. The molecule has 7 nitrogen and oxygen atoms in total. The van der Waals surface area contributed by atoms with Crippen LogP contribution in [0.3, 0.4) is 0 Å². The summed E-state index contributed by atoms with van der Waals surface area (Å²) >= 11 is 0. The lowest BCUT2D eigenvalue weighted by Gasteiger charge is -2.06. The van der Waals surface area contributed by atoms with Gasteiger partial charge >= 0.3 is 0 Å². The summed E-state index contributed by atoms with van der Waals surface area (Å²) in [5, 5.41) is 3.40. The van der Waals surface area contributed by atoms with E-state index in [-0.39, 0.29) is 11.9 Å². The minimum atomic E-state index is -0.349. The normalized spacial score (nSPS) is 11.7. The molecule has 21 heavy (non-hydrogen) atoms. The zero-order valence-electron chi connectivity index (χ0n) is 12.1. The van der Waals surface area contributed by atoms with E-state index in [2.05, 4.69) is 15.3 Å². The maximum absolute atomic E-state index is 12.1. The smallest absolute Gasteiger partial charge is 0.274 e. The molecule has 1 aromatic carbocycles. The van der Waals surface area contributed by atoms with Crippen LogP contribution in [0, 0.1) is 6.92 Å². The van der Waals surface area contributed by atoms with Crippen LogP contribution in [0.4, 0.5) is 0 Å². The minimum Gasteiger partial charge on any atom is -0.490 e. The lowest BCUT2D eigenvalue weighted by molar-refractivity contribution is 0.0972. The molecule has 0 aliphatic carbocycles. The van der Waals surface area contributed by atoms with E-state index in [1.165, 1.54) is 7.05 Å². The second-order valence-electron chi connectivity index (χ2n) is 4.55. The van der Waals surface area contributed by atoms with Crippen LogP contribution in [0.15, 0.2) is 23.2 Å². The van der Waals surface area contributed by atoms with Gasteiger partial charge in [-0.3, -0.25) is 15.1 Å². The monoisotopic (exact) mass is 289 g/mol. The topological polar surface area (TPSA) is 119 Å². The number of aromatic amines is 1. The first-order valence-corrected chi connectivity index (χ1v) is 6.55. The van der Waals surface area contributed by atoms with Crippen molar-refractivity contribution in [3.05, 3.63) is 29.5 Å². The van der Waals surface area contributed by atoms with Gasteiger partial charge in [0.2, 0.25) is 0 Å². The van der Waals surface area contributed by atoms with E-state index < -0.39 is 0 Å². The van der Waals surface area contributed by atoms with E-state index >= 15 is 0 Å². The fourth-order valence-corrected chi connectivity index (χ4v) is 1.98. The van der Waals surface area contributed by atoms with Crippen LogP contribution >= 0.6 is 0 Å². The summed E-state index contributed by atoms with van der Waals surface area (Å²) in [5.74, 6) is 0.380. The number of hydrogen-bond acceptors (Lipinski definition) is 4. The summed E-state index contributed by atoms with van der Waals surface area (Å²) in [4.78, 5) is 18.8. The van der Waals surface area contributed by atoms with Crippen molar-refractivity contribution in [1.82, 2.24) is 10.3 Å². The lowest BCUT2D eigenvalue weighted by atomic mass is 10.1. The highest BCUT2D eigenvalue weighted by molar-refractivity contribution is 6.07. The van der Waals surface area contributed by atoms with Crippen LogP contribution < -0.4 is 21.5 Å². The third-order valence-corrected chi connectivity index (χ3v) is 3.08. The largest absolute Gasteiger partial charge is 0.490 e. The Morgan fingerprint density at radius 3 is 2.90 bits per heavy atom. The fraction of sp³-hybridized carbons (Fsp3) is 0.286. The second kappa shape index (κ2) is 6.27. The van der Waals surface area contributed by atoms with Gasteiger partial charge < -0.3 is 21.2 Å². The van der Waals surface area contributed by atoms with E-state index in [1.807, 2.05) is 19.1 Å². The number of aromatic nitrogens is 1. The predicted octanol–water partition coefficient (Wildman–Crippen LogP) is 0.488. The van der Waals surface area contributed by atoms with E-state index in [1.54, 1.807) is 6.07 Å². The van der Waals surface area contributed by atoms with Gasteiger partial charge in [-0.25, -0.2) is 0 Å². The number of amides is 1. The Bertz CT molecular complexity index is 690. The van der Waals surface area contributed by atoms with Crippen LogP contribution in [-0.2, 0) is 0 Å². The highest BCUT2D eigenvalue weighted by atomic mass is 16.5. The third-order valence-electron chi connectivity index (χ3n) is 3.08. The lowest BCUT2D eigenvalue weighted by Crippen LogP contribution is -2.36. The number of aliphatic imine (C=N–C) groups is 1. The number of carbonyl (C=O) groups is 1.